The highest BCUT2D eigenvalue weighted by Gasteiger charge is 2.20. The van der Waals surface area contributed by atoms with E-state index in [0.29, 0.717) is 18.0 Å². The van der Waals surface area contributed by atoms with Crippen molar-refractivity contribution in [3.8, 4) is 0 Å². The van der Waals surface area contributed by atoms with Gasteiger partial charge in [-0.2, -0.15) is 0 Å². The summed E-state index contributed by atoms with van der Waals surface area (Å²) >= 11 is 0. The number of nitrogens with zero attached hydrogens (tertiary/aromatic N) is 2. The third-order valence-electron chi connectivity index (χ3n) is 4.30. The fourth-order valence-corrected chi connectivity index (χ4v) is 2.95. The van der Waals surface area contributed by atoms with Crippen LogP contribution in [0.15, 0.2) is 24.3 Å². The van der Waals surface area contributed by atoms with Gasteiger partial charge in [0.15, 0.2) is 5.78 Å². The summed E-state index contributed by atoms with van der Waals surface area (Å²) in [5.74, 6) is -0.197. The number of piperidine rings is 1. The average Bonchev–Trinajstić information content (AvgIpc) is 2.47. The molecule has 0 saturated carbocycles. The molecule has 4 heteroatoms. The van der Waals surface area contributed by atoms with Crippen LogP contribution in [0.1, 0.15) is 36.0 Å². The highest BCUT2D eigenvalue weighted by Crippen LogP contribution is 2.14. The predicted molar refractivity (Wildman–Crippen MR) is 83.1 cm³/mol. The summed E-state index contributed by atoms with van der Waals surface area (Å²) in [5.41, 5.74) is 0.608. The van der Waals surface area contributed by atoms with Crippen molar-refractivity contribution >= 4 is 5.78 Å². The van der Waals surface area contributed by atoms with Gasteiger partial charge in [-0.05, 0) is 70.7 Å². The van der Waals surface area contributed by atoms with Crippen molar-refractivity contribution < 1.29 is 9.18 Å². The van der Waals surface area contributed by atoms with E-state index in [1.807, 2.05) is 0 Å². The van der Waals surface area contributed by atoms with Crippen molar-refractivity contribution in [1.29, 1.82) is 0 Å². The van der Waals surface area contributed by atoms with Gasteiger partial charge in [-0.3, -0.25) is 4.79 Å². The molecule has 1 saturated heterocycles. The zero-order valence-corrected chi connectivity index (χ0v) is 13.0. The van der Waals surface area contributed by atoms with Gasteiger partial charge in [-0.1, -0.05) is 0 Å². The highest BCUT2D eigenvalue weighted by atomic mass is 19.1. The molecule has 0 aliphatic carbocycles. The van der Waals surface area contributed by atoms with E-state index < -0.39 is 0 Å². The van der Waals surface area contributed by atoms with Crippen molar-refractivity contribution in [1.82, 2.24) is 9.80 Å². The van der Waals surface area contributed by atoms with E-state index in [4.69, 9.17) is 0 Å². The van der Waals surface area contributed by atoms with Crippen molar-refractivity contribution in [2.24, 2.45) is 0 Å². The maximum absolute atomic E-state index is 12.8. The van der Waals surface area contributed by atoms with Gasteiger partial charge in [0, 0.05) is 24.6 Å². The molecular weight excluding hydrogens is 267 g/mol. The number of Topliss-reactive ketones (excluding diaryl/α,β-unsaturated/α-hetero) is 1. The lowest BCUT2D eigenvalue weighted by atomic mass is 10.0. The van der Waals surface area contributed by atoms with Crippen molar-refractivity contribution in [3.63, 3.8) is 0 Å². The van der Waals surface area contributed by atoms with Crippen LogP contribution in [0.5, 0.6) is 0 Å². The second-order valence-corrected chi connectivity index (χ2v) is 6.07. The largest absolute Gasteiger partial charge is 0.305 e. The van der Waals surface area contributed by atoms with E-state index in [0.717, 1.165) is 19.5 Å². The number of rotatable bonds is 6. The Hall–Kier alpha value is -1.26. The number of hydrogen-bond donors (Lipinski definition) is 0. The molecule has 0 aromatic heterocycles. The van der Waals surface area contributed by atoms with Crippen LogP contribution in [0.3, 0.4) is 0 Å². The molecule has 2 rings (SSSR count). The Balaban J connectivity index is 1.73. The number of carbonyl (C=O) groups excluding carboxylic acids is 1. The van der Waals surface area contributed by atoms with Gasteiger partial charge in [-0.25, -0.2) is 4.39 Å². The molecule has 1 heterocycles. The third kappa shape index (κ3) is 4.90. The summed E-state index contributed by atoms with van der Waals surface area (Å²) in [6, 6.07) is 6.42. The van der Waals surface area contributed by atoms with Gasteiger partial charge >= 0.3 is 0 Å². The number of likely N-dealkylation sites (N-methyl/N-ethyl adjacent to an activating group) is 2. The molecule has 3 nitrogen and oxygen atoms in total. The quantitative estimate of drug-likeness (QED) is 0.753. The predicted octanol–water partition coefficient (Wildman–Crippen LogP) is 2.81. The van der Waals surface area contributed by atoms with Gasteiger partial charge in [-0.15, -0.1) is 0 Å². The normalized spacial score (nSPS) is 19.9. The van der Waals surface area contributed by atoms with Crippen molar-refractivity contribution in [3.05, 3.63) is 35.6 Å². The Morgan fingerprint density at radius 2 is 2.10 bits per heavy atom. The second-order valence-electron chi connectivity index (χ2n) is 6.07. The molecule has 0 spiro atoms. The van der Waals surface area contributed by atoms with E-state index in [1.165, 1.54) is 31.5 Å². The van der Waals surface area contributed by atoms with Crippen molar-refractivity contribution in [2.45, 2.75) is 31.7 Å². The summed E-state index contributed by atoms with van der Waals surface area (Å²) < 4.78 is 12.8. The summed E-state index contributed by atoms with van der Waals surface area (Å²) in [6.45, 7) is 3.24. The average molecular weight is 292 g/mol. The van der Waals surface area contributed by atoms with Gasteiger partial charge in [0.2, 0.25) is 0 Å². The van der Waals surface area contributed by atoms with Crippen LogP contribution in [-0.4, -0.2) is 55.4 Å². The minimum atomic E-state index is -0.298. The SMILES string of the molecule is CN1CCCC(N(C)CCCC(=O)c2ccc(F)cc2)C1. The molecule has 0 radical (unpaired) electrons. The van der Waals surface area contributed by atoms with Gasteiger partial charge in [0.1, 0.15) is 5.82 Å². The number of likely N-dealkylation sites (tertiary alicyclic amines) is 1. The van der Waals surface area contributed by atoms with Crippen molar-refractivity contribution in [2.75, 3.05) is 33.7 Å². The first-order valence-corrected chi connectivity index (χ1v) is 7.74. The maximum atomic E-state index is 12.8. The minimum absolute atomic E-state index is 0.101. The topological polar surface area (TPSA) is 23.6 Å². The monoisotopic (exact) mass is 292 g/mol. The molecule has 0 bridgehead atoms. The molecule has 1 aromatic carbocycles. The first-order chi connectivity index (χ1) is 10.1. The highest BCUT2D eigenvalue weighted by molar-refractivity contribution is 5.95. The second kappa shape index (κ2) is 7.66. The van der Waals surface area contributed by atoms with Crippen LogP contribution >= 0.6 is 0 Å². The molecule has 21 heavy (non-hydrogen) atoms. The number of hydrogen-bond acceptors (Lipinski definition) is 3. The molecule has 1 aromatic rings. The molecule has 1 fully saturated rings. The summed E-state index contributed by atoms with van der Waals surface area (Å²) in [7, 11) is 4.31. The van der Waals surface area contributed by atoms with E-state index >= 15 is 0 Å². The smallest absolute Gasteiger partial charge is 0.162 e. The molecule has 1 aliphatic rings. The molecule has 116 valence electrons. The minimum Gasteiger partial charge on any atom is -0.305 e. The van der Waals surface area contributed by atoms with Crippen LogP contribution in [0.2, 0.25) is 0 Å². The fourth-order valence-electron chi connectivity index (χ4n) is 2.95. The number of benzene rings is 1. The third-order valence-corrected chi connectivity index (χ3v) is 4.30. The Bertz CT molecular complexity index is 460. The van der Waals surface area contributed by atoms with E-state index in [-0.39, 0.29) is 11.6 Å². The lowest BCUT2D eigenvalue weighted by molar-refractivity contribution is 0.0963. The Morgan fingerprint density at radius 1 is 1.38 bits per heavy atom. The Morgan fingerprint density at radius 3 is 2.76 bits per heavy atom. The molecule has 0 N–H and O–H groups in total. The van der Waals surface area contributed by atoms with Gasteiger partial charge in [0.25, 0.3) is 0 Å². The standard InChI is InChI=1S/C17H25FN2O/c1-19-11-3-5-16(13-19)20(2)12-4-6-17(21)14-7-9-15(18)10-8-14/h7-10,16H,3-6,11-13H2,1-2H3. The van der Waals surface area contributed by atoms with Crippen LogP contribution in [0, 0.1) is 5.82 Å². The van der Waals surface area contributed by atoms with Crippen LogP contribution < -0.4 is 0 Å². The van der Waals surface area contributed by atoms with Gasteiger partial charge in [0.05, 0.1) is 0 Å². The molecule has 1 aliphatic heterocycles. The number of halogens is 1. The van der Waals surface area contributed by atoms with E-state index in [9.17, 15) is 9.18 Å². The molecule has 0 amide bonds. The lowest BCUT2D eigenvalue weighted by Crippen LogP contribution is -2.45. The maximum Gasteiger partial charge on any atom is 0.162 e. The van der Waals surface area contributed by atoms with Crippen LogP contribution in [-0.2, 0) is 0 Å². The Kier molecular flexibility index (Phi) is 5.88. The summed E-state index contributed by atoms with van der Waals surface area (Å²) in [4.78, 5) is 16.8. The van der Waals surface area contributed by atoms with Crippen LogP contribution in [0.4, 0.5) is 4.39 Å². The van der Waals surface area contributed by atoms with Gasteiger partial charge < -0.3 is 9.80 Å². The first kappa shape index (κ1) is 16.1. The number of carbonyl (C=O) groups is 1. The summed E-state index contributed by atoms with van der Waals surface area (Å²) in [6.07, 6.45) is 3.87. The first-order valence-electron chi connectivity index (χ1n) is 7.74. The van der Waals surface area contributed by atoms with E-state index in [2.05, 4.69) is 23.9 Å². The zero-order chi connectivity index (χ0) is 15.2. The molecule has 1 unspecified atom stereocenters. The van der Waals surface area contributed by atoms with E-state index in [1.54, 1.807) is 12.1 Å². The fraction of sp³-hybridized carbons (Fsp3) is 0.588. The van der Waals surface area contributed by atoms with Crippen LogP contribution in [0.25, 0.3) is 0 Å². The molecule has 1 atom stereocenters. The lowest BCUT2D eigenvalue weighted by Gasteiger charge is -2.35. The summed E-state index contributed by atoms with van der Waals surface area (Å²) in [5, 5.41) is 0. The zero-order valence-electron chi connectivity index (χ0n) is 13.0. The number of ketones is 1. The Labute approximate surface area is 126 Å². The molecular formula is C17H25FN2O.